The minimum absolute atomic E-state index is 0.277. The molecule has 0 radical (unpaired) electrons. The molecule has 2 rings (SSSR count). The maximum absolute atomic E-state index is 13.0. The van der Waals surface area contributed by atoms with E-state index in [-0.39, 0.29) is 6.61 Å². The molecule has 1 fully saturated rings. The Labute approximate surface area is 128 Å². The number of hydrogen-bond donors (Lipinski definition) is 0. The summed E-state index contributed by atoms with van der Waals surface area (Å²) < 4.78 is 43.8. The number of carbonyl (C=O) groups is 1. The molecular formula is C16H20F3NO2. The van der Waals surface area contributed by atoms with E-state index < -0.39 is 23.4 Å². The highest BCUT2D eigenvalue weighted by Gasteiger charge is 2.41. The van der Waals surface area contributed by atoms with E-state index in [0.717, 1.165) is 25.0 Å². The first-order chi connectivity index (χ1) is 10.3. The number of cyclic esters (lactones) is 1. The van der Waals surface area contributed by atoms with Crippen LogP contribution in [0.15, 0.2) is 24.3 Å². The Morgan fingerprint density at radius 3 is 2.50 bits per heavy atom. The first kappa shape index (κ1) is 16.6. The topological polar surface area (TPSA) is 29.5 Å². The van der Waals surface area contributed by atoms with Gasteiger partial charge in [0.05, 0.1) is 17.6 Å². The van der Waals surface area contributed by atoms with Gasteiger partial charge in [0, 0.05) is 0 Å². The fourth-order valence-electron chi connectivity index (χ4n) is 2.83. The van der Waals surface area contributed by atoms with Crippen LogP contribution in [0, 0.1) is 0 Å². The highest BCUT2D eigenvalue weighted by molar-refractivity contribution is 5.70. The van der Waals surface area contributed by atoms with Gasteiger partial charge in [-0.15, -0.1) is 0 Å². The van der Waals surface area contributed by atoms with Crippen LogP contribution in [0.4, 0.5) is 18.0 Å². The van der Waals surface area contributed by atoms with Crippen LogP contribution in [-0.2, 0) is 16.5 Å². The zero-order valence-corrected chi connectivity index (χ0v) is 12.7. The van der Waals surface area contributed by atoms with E-state index in [4.69, 9.17) is 4.74 Å². The van der Waals surface area contributed by atoms with Crippen molar-refractivity contribution in [2.45, 2.75) is 44.8 Å². The fourth-order valence-corrected chi connectivity index (χ4v) is 2.83. The molecule has 0 aliphatic carbocycles. The molecule has 1 heterocycles. The van der Waals surface area contributed by atoms with Crippen LogP contribution in [0.5, 0.6) is 0 Å². The number of rotatable bonds is 5. The first-order valence-corrected chi connectivity index (χ1v) is 7.41. The Morgan fingerprint density at radius 2 is 1.95 bits per heavy atom. The number of amides is 1. The van der Waals surface area contributed by atoms with Crippen molar-refractivity contribution in [1.82, 2.24) is 4.90 Å². The number of nitrogens with zero attached hydrogens (tertiary/aromatic N) is 1. The van der Waals surface area contributed by atoms with E-state index in [1.54, 1.807) is 6.07 Å². The summed E-state index contributed by atoms with van der Waals surface area (Å²) in [4.78, 5) is 13.5. The number of unbranched alkanes of at least 4 members (excludes halogenated alkanes) is 1. The van der Waals surface area contributed by atoms with E-state index in [9.17, 15) is 18.0 Å². The van der Waals surface area contributed by atoms with Crippen molar-refractivity contribution in [3.05, 3.63) is 35.4 Å². The minimum atomic E-state index is -4.40. The summed E-state index contributed by atoms with van der Waals surface area (Å²) in [5, 5.41) is 0. The molecule has 3 nitrogen and oxygen atoms in total. The molecule has 1 unspecified atom stereocenters. The van der Waals surface area contributed by atoms with Gasteiger partial charge >= 0.3 is 12.3 Å². The van der Waals surface area contributed by atoms with Gasteiger partial charge in [-0.3, -0.25) is 4.90 Å². The van der Waals surface area contributed by atoms with E-state index >= 15 is 0 Å². The number of ether oxygens (including phenoxy) is 1. The quantitative estimate of drug-likeness (QED) is 0.797. The Kier molecular flexibility index (Phi) is 4.68. The predicted octanol–water partition coefficient (Wildman–Crippen LogP) is 4.56. The standard InChI is InChI=1S/C16H20F3NO2/c1-3-4-8-15(2,20-9-10-22-14(20)21)12-6-5-7-13(11-12)16(17,18)19/h5-7,11H,3-4,8-10H2,1-2H3. The van der Waals surface area contributed by atoms with Crippen LogP contribution < -0.4 is 0 Å². The van der Waals surface area contributed by atoms with Gasteiger partial charge in [-0.2, -0.15) is 13.2 Å². The van der Waals surface area contributed by atoms with Crippen LogP contribution in [0.3, 0.4) is 0 Å². The monoisotopic (exact) mass is 315 g/mol. The van der Waals surface area contributed by atoms with Crippen LogP contribution >= 0.6 is 0 Å². The molecule has 0 aromatic heterocycles. The second-order valence-corrected chi connectivity index (χ2v) is 5.72. The van der Waals surface area contributed by atoms with Crippen LogP contribution in [-0.4, -0.2) is 24.1 Å². The third-order valence-electron chi connectivity index (χ3n) is 4.19. The zero-order valence-electron chi connectivity index (χ0n) is 12.7. The minimum Gasteiger partial charge on any atom is -0.448 e. The van der Waals surface area contributed by atoms with Crippen LogP contribution in [0.25, 0.3) is 0 Å². The Bertz CT molecular complexity index is 544. The molecule has 1 aromatic rings. The molecule has 1 atom stereocenters. The van der Waals surface area contributed by atoms with E-state index in [2.05, 4.69) is 0 Å². The molecule has 0 saturated carbocycles. The lowest BCUT2D eigenvalue weighted by atomic mass is 9.84. The normalized spacial score (nSPS) is 18.2. The van der Waals surface area contributed by atoms with Crippen molar-refractivity contribution in [3.8, 4) is 0 Å². The second kappa shape index (κ2) is 6.18. The Morgan fingerprint density at radius 1 is 1.27 bits per heavy atom. The van der Waals surface area contributed by atoms with Crippen molar-refractivity contribution in [1.29, 1.82) is 0 Å². The Balaban J connectivity index is 2.43. The van der Waals surface area contributed by atoms with E-state index in [1.165, 1.54) is 11.0 Å². The van der Waals surface area contributed by atoms with Gasteiger partial charge in [0.1, 0.15) is 6.61 Å². The highest BCUT2D eigenvalue weighted by atomic mass is 19.4. The van der Waals surface area contributed by atoms with Gasteiger partial charge in [0.25, 0.3) is 0 Å². The molecule has 1 aliphatic rings. The van der Waals surface area contributed by atoms with Crippen molar-refractivity contribution in [2.24, 2.45) is 0 Å². The highest BCUT2D eigenvalue weighted by Crippen LogP contribution is 2.38. The molecule has 122 valence electrons. The summed E-state index contributed by atoms with van der Waals surface area (Å²) in [7, 11) is 0. The molecule has 1 amide bonds. The molecule has 1 aromatic carbocycles. The Hall–Kier alpha value is -1.72. The summed E-state index contributed by atoms with van der Waals surface area (Å²) >= 11 is 0. The van der Waals surface area contributed by atoms with Gasteiger partial charge in [-0.05, 0) is 31.0 Å². The van der Waals surface area contributed by atoms with Gasteiger partial charge in [0.15, 0.2) is 0 Å². The van der Waals surface area contributed by atoms with Crippen molar-refractivity contribution in [2.75, 3.05) is 13.2 Å². The van der Waals surface area contributed by atoms with Crippen LogP contribution in [0.2, 0.25) is 0 Å². The smallest absolute Gasteiger partial charge is 0.416 e. The number of carbonyl (C=O) groups excluding carboxylic acids is 1. The third kappa shape index (κ3) is 3.20. The van der Waals surface area contributed by atoms with Gasteiger partial charge in [-0.1, -0.05) is 31.9 Å². The zero-order chi connectivity index (χ0) is 16.4. The predicted molar refractivity (Wildman–Crippen MR) is 76.4 cm³/mol. The largest absolute Gasteiger partial charge is 0.448 e. The van der Waals surface area contributed by atoms with Crippen molar-refractivity contribution in [3.63, 3.8) is 0 Å². The number of benzene rings is 1. The lowest BCUT2D eigenvalue weighted by Crippen LogP contribution is -2.44. The molecule has 1 saturated heterocycles. The summed E-state index contributed by atoms with van der Waals surface area (Å²) in [5.74, 6) is 0. The van der Waals surface area contributed by atoms with Gasteiger partial charge in [0.2, 0.25) is 0 Å². The fraction of sp³-hybridized carbons (Fsp3) is 0.562. The van der Waals surface area contributed by atoms with Crippen LogP contribution in [0.1, 0.15) is 44.2 Å². The summed E-state index contributed by atoms with van der Waals surface area (Å²) in [6, 6.07) is 5.23. The van der Waals surface area contributed by atoms with E-state index in [0.29, 0.717) is 18.5 Å². The van der Waals surface area contributed by atoms with Gasteiger partial charge in [-0.25, -0.2) is 4.79 Å². The maximum atomic E-state index is 13.0. The lowest BCUT2D eigenvalue weighted by molar-refractivity contribution is -0.137. The molecular weight excluding hydrogens is 295 g/mol. The third-order valence-corrected chi connectivity index (χ3v) is 4.19. The SMILES string of the molecule is CCCCC(C)(c1cccc(C(F)(F)F)c1)N1CCOC1=O. The molecule has 0 bridgehead atoms. The molecule has 22 heavy (non-hydrogen) atoms. The first-order valence-electron chi connectivity index (χ1n) is 7.41. The van der Waals surface area contributed by atoms with Crippen molar-refractivity contribution < 1.29 is 22.7 Å². The number of alkyl halides is 3. The summed E-state index contributed by atoms with van der Waals surface area (Å²) in [5.41, 5.74) is -0.986. The summed E-state index contributed by atoms with van der Waals surface area (Å²) in [6.07, 6.45) is -2.54. The summed E-state index contributed by atoms with van der Waals surface area (Å²) in [6.45, 7) is 4.49. The maximum Gasteiger partial charge on any atom is 0.416 e. The number of hydrogen-bond acceptors (Lipinski definition) is 2. The van der Waals surface area contributed by atoms with E-state index in [1.807, 2.05) is 13.8 Å². The van der Waals surface area contributed by atoms with Gasteiger partial charge < -0.3 is 4.74 Å². The van der Waals surface area contributed by atoms with Crippen molar-refractivity contribution >= 4 is 6.09 Å². The molecule has 0 N–H and O–H groups in total. The molecule has 0 spiro atoms. The average Bonchev–Trinajstić information content (AvgIpc) is 2.91. The lowest BCUT2D eigenvalue weighted by Gasteiger charge is -2.38. The average molecular weight is 315 g/mol. The molecule has 6 heteroatoms. The molecule has 1 aliphatic heterocycles. The second-order valence-electron chi connectivity index (χ2n) is 5.72. The number of halogens is 3.